The molecule has 0 N–H and O–H groups in total. The van der Waals surface area contributed by atoms with E-state index in [1.54, 1.807) is 13.0 Å². The molecule has 4 heteroatoms. The number of hydrogen-bond donors (Lipinski definition) is 0. The predicted octanol–water partition coefficient (Wildman–Crippen LogP) is 4.46. The summed E-state index contributed by atoms with van der Waals surface area (Å²) in [6.45, 7) is 1.74. The lowest BCUT2D eigenvalue weighted by molar-refractivity contribution is 0.0991. The fourth-order valence-electron chi connectivity index (χ4n) is 1.84. The van der Waals surface area contributed by atoms with Gasteiger partial charge < -0.3 is 0 Å². The highest BCUT2D eigenvalue weighted by molar-refractivity contribution is 9.10. The monoisotopic (exact) mass is 324 g/mol. The van der Waals surface area contributed by atoms with Crippen molar-refractivity contribution in [2.45, 2.75) is 13.3 Å². The van der Waals surface area contributed by atoms with Crippen LogP contribution in [-0.4, -0.2) is 5.78 Å². The lowest BCUT2D eigenvalue weighted by Crippen LogP contribution is -2.06. The van der Waals surface area contributed by atoms with Crippen LogP contribution in [0.15, 0.2) is 40.9 Å². The molecule has 0 radical (unpaired) electrons. The van der Waals surface area contributed by atoms with Crippen LogP contribution in [-0.2, 0) is 6.42 Å². The second kappa shape index (κ2) is 5.61. The first-order chi connectivity index (χ1) is 8.97. The Morgan fingerprint density at radius 1 is 1.11 bits per heavy atom. The van der Waals surface area contributed by atoms with E-state index in [0.717, 1.165) is 5.56 Å². The van der Waals surface area contributed by atoms with E-state index in [2.05, 4.69) is 15.9 Å². The molecule has 2 aromatic rings. The highest BCUT2D eigenvalue weighted by Gasteiger charge is 2.13. The van der Waals surface area contributed by atoms with Crippen molar-refractivity contribution in [2.75, 3.05) is 0 Å². The molecule has 0 aliphatic rings. The van der Waals surface area contributed by atoms with Gasteiger partial charge in [0, 0.05) is 16.5 Å². The van der Waals surface area contributed by atoms with Crippen molar-refractivity contribution in [1.82, 2.24) is 0 Å². The third-order valence-corrected chi connectivity index (χ3v) is 3.58. The van der Waals surface area contributed by atoms with Gasteiger partial charge in [0.05, 0.1) is 0 Å². The van der Waals surface area contributed by atoms with Gasteiger partial charge >= 0.3 is 0 Å². The van der Waals surface area contributed by atoms with Crippen LogP contribution in [0.3, 0.4) is 0 Å². The van der Waals surface area contributed by atoms with Gasteiger partial charge in [-0.25, -0.2) is 8.78 Å². The third-order valence-electron chi connectivity index (χ3n) is 2.88. The second-order valence-corrected chi connectivity index (χ2v) is 5.15. The third kappa shape index (κ3) is 3.26. The lowest BCUT2D eigenvalue weighted by Gasteiger charge is -2.07. The smallest absolute Gasteiger partial charge is 0.168 e. The molecule has 0 aliphatic heterocycles. The quantitative estimate of drug-likeness (QED) is 0.762. The molecule has 0 aliphatic carbocycles. The molecule has 0 fully saturated rings. The van der Waals surface area contributed by atoms with Crippen LogP contribution >= 0.6 is 15.9 Å². The van der Waals surface area contributed by atoms with Gasteiger partial charge in [-0.2, -0.15) is 0 Å². The fraction of sp³-hybridized carbons (Fsp3) is 0.133. The Hall–Kier alpha value is -1.55. The van der Waals surface area contributed by atoms with E-state index in [9.17, 15) is 13.6 Å². The number of aryl methyl sites for hydroxylation is 1. The summed E-state index contributed by atoms with van der Waals surface area (Å²) in [5.74, 6) is -0.996. The number of rotatable bonds is 3. The van der Waals surface area contributed by atoms with Crippen LogP contribution in [0.1, 0.15) is 21.5 Å². The number of Topliss-reactive ketones (excluding diaryl/α,β-unsaturated/α-hetero) is 1. The van der Waals surface area contributed by atoms with Gasteiger partial charge in [-0.15, -0.1) is 0 Å². The Balaban J connectivity index is 2.28. The molecular weight excluding hydrogens is 314 g/mol. The van der Waals surface area contributed by atoms with E-state index >= 15 is 0 Å². The largest absolute Gasteiger partial charge is 0.294 e. The number of ketones is 1. The van der Waals surface area contributed by atoms with Crippen molar-refractivity contribution >= 4 is 21.7 Å². The van der Waals surface area contributed by atoms with Gasteiger partial charge in [-0.1, -0.05) is 22.0 Å². The normalized spacial score (nSPS) is 10.5. The summed E-state index contributed by atoms with van der Waals surface area (Å²) in [6, 6.07) is 8.25. The summed E-state index contributed by atoms with van der Waals surface area (Å²) < 4.78 is 26.7. The molecule has 0 spiro atoms. The first-order valence-electron chi connectivity index (χ1n) is 5.70. The maximum atomic E-state index is 13.2. The molecular formula is C15H11BrF2O. The van der Waals surface area contributed by atoms with Crippen LogP contribution in [0.25, 0.3) is 0 Å². The molecule has 0 heterocycles. The number of carbonyl (C=O) groups excluding carboxylic acids is 1. The Bertz CT molecular complexity index is 638. The number of benzene rings is 2. The minimum absolute atomic E-state index is 0.119. The molecule has 0 amide bonds. The zero-order valence-electron chi connectivity index (χ0n) is 10.2. The topological polar surface area (TPSA) is 17.1 Å². The fourth-order valence-corrected chi connectivity index (χ4v) is 2.30. The van der Waals surface area contributed by atoms with Gasteiger partial charge in [-0.3, -0.25) is 4.79 Å². The molecule has 19 heavy (non-hydrogen) atoms. The molecule has 0 unspecified atom stereocenters. The Morgan fingerprint density at radius 3 is 2.42 bits per heavy atom. The maximum Gasteiger partial charge on any atom is 0.168 e. The summed E-state index contributed by atoms with van der Waals surface area (Å²) in [7, 11) is 0. The molecule has 0 bridgehead atoms. The average molecular weight is 325 g/mol. The molecule has 0 aromatic heterocycles. The molecule has 98 valence electrons. The zero-order valence-corrected chi connectivity index (χ0v) is 11.8. The van der Waals surface area contributed by atoms with E-state index in [-0.39, 0.29) is 18.0 Å². The van der Waals surface area contributed by atoms with Crippen molar-refractivity contribution in [1.29, 1.82) is 0 Å². The summed E-state index contributed by atoms with van der Waals surface area (Å²) in [5, 5.41) is 0. The van der Waals surface area contributed by atoms with Crippen LogP contribution in [0.5, 0.6) is 0 Å². The lowest BCUT2D eigenvalue weighted by atomic mass is 9.99. The Morgan fingerprint density at radius 2 is 1.74 bits per heavy atom. The van der Waals surface area contributed by atoms with Crippen molar-refractivity contribution in [2.24, 2.45) is 0 Å². The summed E-state index contributed by atoms with van der Waals surface area (Å²) in [5.41, 5.74) is 1.74. The van der Waals surface area contributed by atoms with Crippen molar-refractivity contribution in [3.8, 4) is 0 Å². The molecule has 2 aromatic carbocycles. The second-order valence-electron chi connectivity index (χ2n) is 4.29. The maximum absolute atomic E-state index is 13.2. The number of hydrogen-bond acceptors (Lipinski definition) is 1. The molecule has 0 saturated carbocycles. The first-order valence-corrected chi connectivity index (χ1v) is 6.50. The summed E-state index contributed by atoms with van der Waals surface area (Å²) in [6.07, 6.45) is 0.119. The molecule has 2 rings (SSSR count). The summed E-state index contributed by atoms with van der Waals surface area (Å²) >= 11 is 3.23. The zero-order chi connectivity index (χ0) is 14.0. The standard InChI is InChI=1S/C15H11BrF2O/c1-9-6-11(17)3-2-10(9)7-15(19)13-8-12(18)4-5-14(13)16/h2-6,8H,7H2,1H3. The molecule has 0 atom stereocenters. The first kappa shape index (κ1) is 13.9. The number of carbonyl (C=O) groups is 1. The van der Waals surface area contributed by atoms with Crippen LogP contribution < -0.4 is 0 Å². The molecule has 0 saturated heterocycles. The van der Waals surface area contributed by atoms with Crippen molar-refractivity contribution in [3.05, 3.63) is 69.2 Å². The highest BCUT2D eigenvalue weighted by atomic mass is 79.9. The minimum Gasteiger partial charge on any atom is -0.294 e. The SMILES string of the molecule is Cc1cc(F)ccc1CC(=O)c1cc(F)ccc1Br. The van der Waals surface area contributed by atoms with Gasteiger partial charge in [0.25, 0.3) is 0 Å². The van der Waals surface area contributed by atoms with Gasteiger partial charge in [0.15, 0.2) is 5.78 Å². The highest BCUT2D eigenvalue weighted by Crippen LogP contribution is 2.21. The van der Waals surface area contributed by atoms with Gasteiger partial charge in [-0.05, 0) is 48.4 Å². The Kier molecular flexibility index (Phi) is 4.10. The van der Waals surface area contributed by atoms with Crippen molar-refractivity contribution < 1.29 is 13.6 Å². The van der Waals surface area contributed by atoms with E-state index in [0.29, 0.717) is 15.6 Å². The number of halogens is 3. The van der Waals surface area contributed by atoms with Crippen LogP contribution in [0, 0.1) is 18.6 Å². The van der Waals surface area contributed by atoms with Crippen LogP contribution in [0.2, 0.25) is 0 Å². The Labute approximate surface area is 118 Å². The van der Waals surface area contributed by atoms with E-state index in [1.807, 2.05) is 0 Å². The van der Waals surface area contributed by atoms with Gasteiger partial charge in [0.1, 0.15) is 11.6 Å². The van der Waals surface area contributed by atoms with Crippen molar-refractivity contribution in [3.63, 3.8) is 0 Å². The summed E-state index contributed by atoms with van der Waals surface area (Å²) in [4.78, 5) is 12.1. The van der Waals surface area contributed by atoms with Gasteiger partial charge in [0.2, 0.25) is 0 Å². The van der Waals surface area contributed by atoms with E-state index in [4.69, 9.17) is 0 Å². The van der Waals surface area contributed by atoms with Crippen LogP contribution in [0.4, 0.5) is 8.78 Å². The predicted molar refractivity (Wildman–Crippen MR) is 73.3 cm³/mol. The minimum atomic E-state index is -0.456. The van der Waals surface area contributed by atoms with E-state index in [1.165, 1.54) is 30.3 Å². The average Bonchev–Trinajstić information content (AvgIpc) is 2.35. The molecule has 1 nitrogen and oxygen atoms in total. The van der Waals surface area contributed by atoms with E-state index < -0.39 is 5.82 Å².